The molecule has 0 aliphatic heterocycles. The molecule has 98 valence electrons. The first kappa shape index (κ1) is 14.2. The van der Waals surface area contributed by atoms with Gasteiger partial charge in [0.25, 0.3) is 0 Å². The molecule has 0 spiro atoms. The first-order valence-electron chi connectivity index (χ1n) is 6.67. The normalized spacial score (nSPS) is 11.0. The van der Waals surface area contributed by atoms with Crippen LogP contribution in [0.15, 0.2) is 0 Å². The summed E-state index contributed by atoms with van der Waals surface area (Å²) in [4.78, 5) is 0. The van der Waals surface area contributed by atoms with Crippen LogP contribution in [-0.4, -0.2) is 36.4 Å². The van der Waals surface area contributed by atoms with E-state index in [1.54, 1.807) is 0 Å². The molecule has 0 fully saturated rings. The maximum atomic E-state index is 4.20. The lowest BCUT2D eigenvalue weighted by molar-refractivity contribution is 0.592. The summed E-state index contributed by atoms with van der Waals surface area (Å²) in [6.45, 7) is 10.7. The zero-order chi connectivity index (χ0) is 12.5. The van der Waals surface area contributed by atoms with Crippen molar-refractivity contribution in [1.29, 1.82) is 0 Å². The summed E-state index contributed by atoms with van der Waals surface area (Å²) in [6, 6.07) is 0. The molecule has 1 rings (SSSR count). The fourth-order valence-electron chi connectivity index (χ4n) is 1.92. The monoisotopic (exact) mass is 238 g/mol. The van der Waals surface area contributed by atoms with Crippen LogP contribution in [0.3, 0.4) is 0 Å². The Bertz CT molecular complexity index is 287. The van der Waals surface area contributed by atoms with Crippen molar-refractivity contribution >= 4 is 0 Å². The third-order valence-corrected chi connectivity index (χ3v) is 2.97. The average molecular weight is 238 g/mol. The molecule has 0 unspecified atom stereocenters. The standard InChI is InChI=1S/C13H26N4/c1-4-7-14-8-5-9-15-10-6-13-11(2)16-17-12(13)3/h14-15H,4-10H2,1-3H3,(H,16,17). The molecule has 0 aliphatic carbocycles. The molecule has 0 saturated heterocycles. The van der Waals surface area contributed by atoms with Gasteiger partial charge in [0.05, 0.1) is 5.69 Å². The number of nitrogens with one attached hydrogen (secondary N) is 3. The molecule has 0 amide bonds. The lowest BCUT2D eigenvalue weighted by Gasteiger charge is -2.06. The molecular formula is C13H26N4. The Kier molecular flexibility index (Phi) is 6.89. The van der Waals surface area contributed by atoms with E-state index in [1.165, 1.54) is 24.1 Å². The van der Waals surface area contributed by atoms with Gasteiger partial charge in [0.2, 0.25) is 0 Å². The van der Waals surface area contributed by atoms with Crippen LogP contribution in [0.5, 0.6) is 0 Å². The number of aromatic amines is 1. The number of hydrogen-bond acceptors (Lipinski definition) is 3. The summed E-state index contributed by atoms with van der Waals surface area (Å²) < 4.78 is 0. The molecule has 0 aliphatic rings. The second kappa shape index (κ2) is 8.25. The summed E-state index contributed by atoms with van der Waals surface area (Å²) in [5, 5.41) is 14.1. The van der Waals surface area contributed by atoms with Crippen LogP contribution in [0.4, 0.5) is 0 Å². The topological polar surface area (TPSA) is 52.7 Å². The van der Waals surface area contributed by atoms with E-state index in [9.17, 15) is 0 Å². The smallest absolute Gasteiger partial charge is 0.0626 e. The molecule has 4 heteroatoms. The number of nitrogens with zero attached hydrogens (tertiary/aromatic N) is 1. The van der Waals surface area contributed by atoms with Gasteiger partial charge >= 0.3 is 0 Å². The summed E-state index contributed by atoms with van der Waals surface area (Å²) in [5.74, 6) is 0. The molecule has 3 N–H and O–H groups in total. The predicted molar refractivity (Wildman–Crippen MR) is 72.4 cm³/mol. The van der Waals surface area contributed by atoms with Crippen LogP contribution in [0.1, 0.15) is 36.7 Å². The van der Waals surface area contributed by atoms with Gasteiger partial charge in [-0.05, 0) is 64.9 Å². The van der Waals surface area contributed by atoms with E-state index < -0.39 is 0 Å². The third kappa shape index (κ3) is 5.33. The van der Waals surface area contributed by atoms with Gasteiger partial charge in [0.15, 0.2) is 0 Å². The maximum absolute atomic E-state index is 4.20. The van der Waals surface area contributed by atoms with Crippen LogP contribution in [-0.2, 0) is 6.42 Å². The van der Waals surface area contributed by atoms with E-state index in [2.05, 4.69) is 41.6 Å². The molecule has 0 aromatic carbocycles. The number of aromatic nitrogens is 2. The van der Waals surface area contributed by atoms with Gasteiger partial charge in [0, 0.05) is 5.69 Å². The van der Waals surface area contributed by atoms with Crippen molar-refractivity contribution in [3.05, 3.63) is 17.0 Å². The quantitative estimate of drug-likeness (QED) is 0.572. The lowest BCUT2D eigenvalue weighted by Crippen LogP contribution is -2.24. The van der Waals surface area contributed by atoms with Crippen LogP contribution in [0.2, 0.25) is 0 Å². The van der Waals surface area contributed by atoms with Gasteiger partial charge in [-0.3, -0.25) is 5.10 Å². The molecule has 1 aromatic heterocycles. The number of hydrogen-bond donors (Lipinski definition) is 3. The Balaban J connectivity index is 2.01. The third-order valence-electron chi connectivity index (χ3n) is 2.97. The highest BCUT2D eigenvalue weighted by Crippen LogP contribution is 2.08. The number of rotatable bonds is 9. The van der Waals surface area contributed by atoms with Gasteiger partial charge < -0.3 is 10.6 Å². The van der Waals surface area contributed by atoms with Crippen molar-refractivity contribution in [3.8, 4) is 0 Å². The van der Waals surface area contributed by atoms with E-state index in [0.717, 1.165) is 38.3 Å². The van der Waals surface area contributed by atoms with E-state index in [0.29, 0.717) is 0 Å². The van der Waals surface area contributed by atoms with Gasteiger partial charge in [-0.2, -0.15) is 5.10 Å². The zero-order valence-electron chi connectivity index (χ0n) is 11.4. The Labute approximate surface area is 105 Å². The van der Waals surface area contributed by atoms with E-state index in [1.807, 2.05) is 0 Å². The van der Waals surface area contributed by atoms with E-state index in [4.69, 9.17) is 0 Å². The molecule has 0 bridgehead atoms. The first-order valence-corrected chi connectivity index (χ1v) is 6.67. The average Bonchev–Trinajstić information content (AvgIpc) is 2.63. The van der Waals surface area contributed by atoms with E-state index >= 15 is 0 Å². The minimum absolute atomic E-state index is 1.04. The fraction of sp³-hybridized carbons (Fsp3) is 0.769. The van der Waals surface area contributed by atoms with Crippen LogP contribution in [0.25, 0.3) is 0 Å². The minimum atomic E-state index is 1.04. The van der Waals surface area contributed by atoms with Crippen molar-refractivity contribution in [3.63, 3.8) is 0 Å². The molecule has 17 heavy (non-hydrogen) atoms. The van der Waals surface area contributed by atoms with Crippen LogP contribution in [0, 0.1) is 13.8 Å². The minimum Gasteiger partial charge on any atom is -0.317 e. The molecule has 0 saturated carbocycles. The van der Waals surface area contributed by atoms with Crippen molar-refractivity contribution in [2.75, 3.05) is 26.2 Å². The Morgan fingerprint density at radius 3 is 2.35 bits per heavy atom. The van der Waals surface area contributed by atoms with Crippen LogP contribution < -0.4 is 10.6 Å². The summed E-state index contributed by atoms with van der Waals surface area (Å²) in [7, 11) is 0. The van der Waals surface area contributed by atoms with Gasteiger partial charge in [-0.25, -0.2) is 0 Å². The van der Waals surface area contributed by atoms with Gasteiger partial charge in [-0.15, -0.1) is 0 Å². The summed E-state index contributed by atoms with van der Waals surface area (Å²) in [6.07, 6.45) is 3.48. The highest BCUT2D eigenvalue weighted by atomic mass is 15.1. The second-order valence-electron chi connectivity index (χ2n) is 4.52. The molecule has 1 aromatic rings. The molecule has 0 atom stereocenters. The van der Waals surface area contributed by atoms with Gasteiger partial charge in [-0.1, -0.05) is 6.92 Å². The summed E-state index contributed by atoms with van der Waals surface area (Å²) >= 11 is 0. The molecular weight excluding hydrogens is 212 g/mol. The number of aryl methyl sites for hydroxylation is 2. The van der Waals surface area contributed by atoms with Crippen molar-refractivity contribution in [2.45, 2.75) is 40.0 Å². The predicted octanol–water partition coefficient (Wildman–Crippen LogP) is 1.55. The largest absolute Gasteiger partial charge is 0.317 e. The first-order chi connectivity index (χ1) is 8.25. The molecule has 1 heterocycles. The zero-order valence-corrected chi connectivity index (χ0v) is 11.4. The number of H-pyrrole nitrogens is 1. The Hall–Kier alpha value is -0.870. The fourth-order valence-corrected chi connectivity index (χ4v) is 1.92. The van der Waals surface area contributed by atoms with Crippen molar-refractivity contribution < 1.29 is 0 Å². The van der Waals surface area contributed by atoms with Crippen LogP contribution >= 0.6 is 0 Å². The SMILES string of the molecule is CCCNCCCNCCc1c(C)n[nH]c1C. The van der Waals surface area contributed by atoms with E-state index in [-0.39, 0.29) is 0 Å². The second-order valence-corrected chi connectivity index (χ2v) is 4.52. The Morgan fingerprint density at radius 2 is 1.76 bits per heavy atom. The van der Waals surface area contributed by atoms with Gasteiger partial charge in [0.1, 0.15) is 0 Å². The highest BCUT2D eigenvalue weighted by molar-refractivity contribution is 5.23. The summed E-state index contributed by atoms with van der Waals surface area (Å²) in [5.41, 5.74) is 3.70. The molecule has 4 nitrogen and oxygen atoms in total. The molecule has 0 radical (unpaired) electrons. The van der Waals surface area contributed by atoms with Crippen molar-refractivity contribution in [1.82, 2.24) is 20.8 Å². The lowest BCUT2D eigenvalue weighted by atomic mass is 10.1. The van der Waals surface area contributed by atoms with Crippen molar-refractivity contribution in [2.24, 2.45) is 0 Å². The highest BCUT2D eigenvalue weighted by Gasteiger charge is 2.04. The maximum Gasteiger partial charge on any atom is 0.0626 e. The Morgan fingerprint density at radius 1 is 1.06 bits per heavy atom.